The molecule has 0 aromatic heterocycles. The summed E-state index contributed by atoms with van der Waals surface area (Å²) >= 11 is 0. The molecule has 1 aliphatic heterocycles. The largest absolute Gasteiger partial charge is 0.392 e. The van der Waals surface area contributed by atoms with Gasteiger partial charge in [0, 0.05) is 19.6 Å². The van der Waals surface area contributed by atoms with Crippen LogP contribution in [-0.2, 0) is 11.2 Å². The quantitative estimate of drug-likeness (QED) is 0.775. The highest BCUT2D eigenvalue weighted by atomic mass is 16.5. The summed E-state index contributed by atoms with van der Waals surface area (Å²) < 4.78 is 5.84. The molecule has 2 unspecified atom stereocenters. The monoisotopic (exact) mass is 275 g/mol. The second-order valence-corrected chi connectivity index (χ2v) is 5.46. The van der Waals surface area contributed by atoms with E-state index in [0.717, 1.165) is 45.5 Å². The van der Waals surface area contributed by atoms with Crippen LogP contribution < -0.4 is 0 Å². The standard InChI is InChI=1S/C17H25NO2/c1-2-3-9-16(19)13-18-10-11-20-17(14-18)12-15-7-5-4-6-8-15/h2,4-8,16-17,19H,1,3,9-14H2. The summed E-state index contributed by atoms with van der Waals surface area (Å²) in [4.78, 5) is 2.31. The highest BCUT2D eigenvalue weighted by Crippen LogP contribution is 2.13. The van der Waals surface area contributed by atoms with Crippen molar-refractivity contribution >= 4 is 0 Å². The fourth-order valence-electron chi connectivity index (χ4n) is 2.65. The van der Waals surface area contributed by atoms with E-state index in [1.165, 1.54) is 5.56 Å². The maximum atomic E-state index is 9.98. The predicted molar refractivity (Wildman–Crippen MR) is 81.8 cm³/mol. The van der Waals surface area contributed by atoms with Crippen molar-refractivity contribution in [3.63, 3.8) is 0 Å². The van der Waals surface area contributed by atoms with E-state index in [-0.39, 0.29) is 12.2 Å². The van der Waals surface area contributed by atoms with Gasteiger partial charge in [-0.3, -0.25) is 4.90 Å². The Kier molecular flexibility index (Phi) is 6.25. The van der Waals surface area contributed by atoms with E-state index >= 15 is 0 Å². The summed E-state index contributed by atoms with van der Waals surface area (Å²) in [7, 11) is 0. The first-order chi connectivity index (χ1) is 9.78. The molecule has 1 aliphatic rings. The number of β-amino-alcohol motifs (C(OH)–C–C–N with tert-alkyl or cyclic N) is 1. The van der Waals surface area contributed by atoms with Crippen LogP contribution >= 0.6 is 0 Å². The third-order valence-corrected chi connectivity index (χ3v) is 3.70. The Morgan fingerprint density at radius 3 is 2.95 bits per heavy atom. The molecular formula is C17H25NO2. The lowest BCUT2D eigenvalue weighted by atomic mass is 10.1. The molecule has 3 nitrogen and oxygen atoms in total. The van der Waals surface area contributed by atoms with Crippen LogP contribution in [0.5, 0.6) is 0 Å². The van der Waals surface area contributed by atoms with Gasteiger partial charge in [-0.15, -0.1) is 6.58 Å². The number of aliphatic hydroxyl groups is 1. The van der Waals surface area contributed by atoms with Crippen molar-refractivity contribution in [2.24, 2.45) is 0 Å². The molecule has 1 fully saturated rings. The SMILES string of the molecule is C=CCCC(O)CN1CCOC(Cc2ccccc2)C1. The predicted octanol–water partition coefficient (Wildman–Crippen LogP) is 2.26. The average molecular weight is 275 g/mol. The van der Waals surface area contributed by atoms with Crippen molar-refractivity contribution in [1.29, 1.82) is 0 Å². The maximum Gasteiger partial charge on any atom is 0.0742 e. The van der Waals surface area contributed by atoms with Gasteiger partial charge >= 0.3 is 0 Å². The summed E-state index contributed by atoms with van der Waals surface area (Å²) in [5.74, 6) is 0. The van der Waals surface area contributed by atoms with Gasteiger partial charge in [-0.1, -0.05) is 36.4 Å². The fourth-order valence-corrected chi connectivity index (χ4v) is 2.65. The highest BCUT2D eigenvalue weighted by molar-refractivity contribution is 5.15. The number of hydrogen-bond acceptors (Lipinski definition) is 3. The summed E-state index contributed by atoms with van der Waals surface area (Å²) in [6.45, 7) is 7.00. The molecule has 0 amide bonds. The molecule has 2 atom stereocenters. The summed E-state index contributed by atoms with van der Waals surface area (Å²) in [6, 6.07) is 10.4. The minimum Gasteiger partial charge on any atom is -0.392 e. The molecule has 0 aliphatic carbocycles. The van der Waals surface area contributed by atoms with E-state index in [0.29, 0.717) is 0 Å². The number of morpholine rings is 1. The van der Waals surface area contributed by atoms with Crippen LogP contribution in [0.3, 0.4) is 0 Å². The van der Waals surface area contributed by atoms with Gasteiger partial charge in [0.25, 0.3) is 0 Å². The molecular weight excluding hydrogens is 250 g/mol. The van der Waals surface area contributed by atoms with Crippen LogP contribution in [0.4, 0.5) is 0 Å². The minimum absolute atomic E-state index is 0.234. The van der Waals surface area contributed by atoms with Crippen molar-refractivity contribution < 1.29 is 9.84 Å². The van der Waals surface area contributed by atoms with Crippen molar-refractivity contribution in [3.05, 3.63) is 48.6 Å². The molecule has 1 heterocycles. The van der Waals surface area contributed by atoms with Crippen LogP contribution in [0.1, 0.15) is 18.4 Å². The number of aliphatic hydroxyl groups excluding tert-OH is 1. The first-order valence-electron chi connectivity index (χ1n) is 7.44. The van der Waals surface area contributed by atoms with Gasteiger partial charge in [0.2, 0.25) is 0 Å². The Balaban J connectivity index is 1.78. The first kappa shape index (κ1) is 15.2. The molecule has 0 bridgehead atoms. The normalized spacial score (nSPS) is 21.6. The van der Waals surface area contributed by atoms with Crippen molar-refractivity contribution in [3.8, 4) is 0 Å². The third kappa shape index (κ3) is 5.08. The zero-order valence-electron chi connectivity index (χ0n) is 12.1. The molecule has 1 N–H and O–H groups in total. The number of ether oxygens (including phenoxy) is 1. The van der Waals surface area contributed by atoms with Gasteiger partial charge in [-0.05, 0) is 24.8 Å². The van der Waals surface area contributed by atoms with Gasteiger partial charge in [-0.25, -0.2) is 0 Å². The Bertz CT molecular complexity index is 393. The van der Waals surface area contributed by atoms with Crippen molar-refractivity contribution in [2.45, 2.75) is 31.5 Å². The second kappa shape index (κ2) is 8.20. The van der Waals surface area contributed by atoms with Crippen LogP contribution in [0, 0.1) is 0 Å². The molecule has 0 spiro atoms. The van der Waals surface area contributed by atoms with E-state index in [1.54, 1.807) is 0 Å². The number of hydrogen-bond donors (Lipinski definition) is 1. The average Bonchev–Trinajstić information content (AvgIpc) is 2.46. The van der Waals surface area contributed by atoms with E-state index in [9.17, 15) is 5.11 Å². The van der Waals surface area contributed by atoms with Crippen LogP contribution in [0.15, 0.2) is 43.0 Å². The molecule has 1 saturated heterocycles. The first-order valence-corrected chi connectivity index (χ1v) is 7.44. The van der Waals surface area contributed by atoms with Gasteiger partial charge in [0.05, 0.1) is 18.8 Å². The van der Waals surface area contributed by atoms with Crippen molar-refractivity contribution in [1.82, 2.24) is 4.90 Å². The van der Waals surface area contributed by atoms with Crippen molar-refractivity contribution in [2.75, 3.05) is 26.2 Å². The van der Waals surface area contributed by atoms with Crippen LogP contribution in [0.25, 0.3) is 0 Å². The molecule has 3 heteroatoms. The zero-order chi connectivity index (χ0) is 14.2. The lowest BCUT2D eigenvalue weighted by Gasteiger charge is -2.34. The minimum atomic E-state index is -0.261. The molecule has 110 valence electrons. The van der Waals surface area contributed by atoms with Gasteiger partial charge in [0.1, 0.15) is 0 Å². The topological polar surface area (TPSA) is 32.7 Å². The third-order valence-electron chi connectivity index (χ3n) is 3.70. The molecule has 0 saturated carbocycles. The molecule has 2 rings (SSSR count). The Morgan fingerprint density at radius 1 is 1.40 bits per heavy atom. The second-order valence-electron chi connectivity index (χ2n) is 5.46. The number of allylic oxidation sites excluding steroid dienone is 1. The zero-order valence-corrected chi connectivity index (χ0v) is 12.1. The van der Waals surface area contributed by atoms with E-state index in [2.05, 4.69) is 35.7 Å². The van der Waals surface area contributed by atoms with E-state index < -0.39 is 0 Å². The Morgan fingerprint density at radius 2 is 2.20 bits per heavy atom. The number of benzene rings is 1. The van der Waals surface area contributed by atoms with Gasteiger partial charge < -0.3 is 9.84 Å². The highest BCUT2D eigenvalue weighted by Gasteiger charge is 2.22. The van der Waals surface area contributed by atoms with Crippen LogP contribution in [-0.4, -0.2) is 48.5 Å². The smallest absolute Gasteiger partial charge is 0.0742 e. The summed E-state index contributed by atoms with van der Waals surface area (Å²) in [5.41, 5.74) is 1.31. The maximum absolute atomic E-state index is 9.98. The Labute approximate surface area is 121 Å². The molecule has 0 radical (unpaired) electrons. The number of rotatable bonds is 7. The Hall–Kier alpha value is -1.16. The molecule has 1 aromatic carbocycles. The van der Waals surface area contributed by atoms with E-state index in [4.69, 9.17) is 4.74 Å². The van der Waals surface area contributed by atoms with Gasteiger partial charge in [-0.2, -0.15) is 0 Å². The van der Waals surface area contributed by atoms with E-state index in [1.807, 2.05) is 12.1 Å². The number of nitrogens with zero attached hydrogens (tertiary/aromatic N) is 1. The summed E-state index contributed by atoms with van der Waals surface area (Å²) in [6.07, 6.45) is 4.45. The van der Waals surface area contributed by atoms with Crippen LogP contribution in [0.2, 0.25) is 0 Å². The molecule has 1 aromatic rings. The van der Waals surface area contributed by atoms with Gasteiger partial charge in [0.15, 0.2) is 0 Å². The lowest BCUT2D eigenvalue weighted by molar-refractivity contribution is -0.0402. The fraction of sp³-hybridized carbons (Fsp3) is 0.529. The summed E-state index contributed by atoms with van der Waals surface area (Å²) in [5, 5.41) is 9.98. The lowest BCUT2D eigenvalue weighted by Crippen LogP contribution is -2.46. The molecule has 20 heavy (non-hydrogen) atoms.